The van der Waals surface area contributed by atoms with E-state index in [4.69, 9.17) is 16.7 Å². The van der Waals surface area contributed by atoms with Crippen molar-refractivity contribution in [3.63, 3.8) is 0 Å². The lowest BCUT2D eigenvalue weighted by atomic mass is 10.1. The molecular formula is C13H8ClF3N2O2. The number of nitrogens with one attached hydrogen (secondary N) is 1. The first-order chi connectivity index (χ1) is 9.79. The molecule has 2 rings (SSSR count). The van der Waals surface area contributed by atoms with Crippen molar-refractivity contribution in [1.29, 1.82) is 0 Å². The van der Waals surface area contributed by atoms with E-state index in [-0.39, 0.29) is 22.0 Å². The van der Waals surface area contributed by atoms with Crippen molar-refractivity contribution < 1.29 is 23.1 Å². The summed E-state index contributed by atoms with van der Waals surface area (Å²) >= 11 is 5.84. The number of carbonyl (C=O) groups is 1. The third-order valence-corrected chi connectivity index (χ3v) is 2.94. The molecule has 0 saturated heterocycles. The van der Waals surface area contributed by atoms with Gasteiger partial charge in [0, 0.05) is 12.4 Å². The van der Waals surface area contributed by atoms with Gasteiger partial charge in [0.05, 0.1) is 22.0 Å². The van der Waals surface area contributed by atoms with Crippen LogP contribution >= 0.6 is 11.6 Å². The van der Waals surface area contributed by atoms with Gasteiger partial charge in [-0.05, 0) is 24.3 Å². The van der Waals surface area contributed by atoms with Crippen LogP contribution in [0.4, 0.5) is 24.5 Å². The second kappa shape index (κ2) is 5.61. The van der Waals surface area contributed by atoms with Crippen molar-refractivity contribution in [3.8, 4) is 0 Å². The summed E-state index contributed by atoms with van der Waals surface area (Å²) in [6.07, 6.45) is -2.11. The molecule has 0 spiro atoms. The Balaban J connectivity index is 2.43. The van der Waals surface area contributed by atoms with Gasteiger partial charge in [-0.1, -0.05) is 11.6 Å². The van der Waals surface area contributed by atoms with Crippen LogP contribution in [0.25, 0.3) is 0 Å². The number of halogens is 4. The zero-order valence-electron chi connectivity index (χ0n) is 10.3. The number of rotatable bonds is 3. The van der Waals surface area contributed by atoms with Crippen LogP contribution < -0.4 is 5.32 Å². The Hall–Kier alpha value is -2.28. The van der Waals surface area contributed by atoms with E-state index in [1.54, 1.807) is 0 Å². The topological polar surface area (TPSA) is 62.2 Å². The second-order valence-electron chi connectivity index (χ2n) is 4.04. The minimum absolute atomic E-state index is 0.0381. The molecule has 1 aromatic carbocycles. The van der Waals surface area contributed by atoms with E-state index in [1.807, 2.05) is 0 Å². The third-order valence-electron chi connectivity index (χ3n) is 2.61. The summed E-state index contributed by atoms with van der Waals surface area (Å²) in [6.45, 7) is 0. The van der Waals surface area contributed by atoms with E-state index in [2.05, 4.69) is 10.3 Å². The van der Waals surface area contributed by atoms with Gasteiger partial charge in [0.25, 0.3) is 0 Å². The standard InChI is InChI=1S/C13H8ClF3N2O2/c14-9-2-1-7(13(15,16)17)5-11(9)19-10-3-4-18-6-8(10)12(20)21/h1-6H,(H,18,19)(H,20,21). The number of carboxylic acids is 1. The van der Waals surface area contributed by atoms with Crippen molar-refractivity contribution in [2.45, 2.75) is 6.18 Å². The summed E-state index contributed by atoms with van der Waals surface area (Å²) in [5.74, 6) is -1.26. The molecule has 110 valence electrons. The van der Waals surface area contributed by atoms with E-state index in [0.29, 0.717) is 0 Å². The lowest BCUT2D eigenvalue weighted by Crippen LogP contribution is -2.07. The highest BCUT2D eigenvalue weighted by Crippen LogP contribution is 2.35. The van der Waals surface area contributed by atoms with Crippen LogP contribution in [0.15, 0.2) is 36.7 Å². The minimum atomic E-state index is -4.52. The van der Waals surface area contributed by atoms with E-state index >= 15 is 0 Å². The van der Waals surface area contributed by atoms with E-state index in [0.717, 1.165) is 24.4 Å². The van der Waals surface area contributed by atoms with E-state index in [1.165, 1.54) is 12.3 Å². The number of hydrogen-bond donors (Lipinski definition) is 2. The lowest BCUT2D eigenvalue weighted by Gasteiger charge is -2.13. The van der Waals surface area contributed by atoms with Crippen LogP contribution in [0, 0.1) is 0 Å². The quantitative estimate of drug-likeness (QED) is 0.891. The molecular weight excluding hydrogens is 309 g/mol. The summed E-state index contributed by atoms with van der Waals surface area (Å²) in [4.78, 5) is 14.7. The number of alkyl halides is 3. The highest BCUT2D eigenvalue weighted by Gasteiger charge is 2.31. The Morgan fingerprint density at radius 2 is 1.95 bits per heavy atom. The Bertz CT molecular complexity index is 689. The van der Waals surface area contributed by atoms with Crippen LogP contribution in [-0.4, -0.2) is 16.1 Å². The number of pyridine rings is 1. The zero-order valence-corrected chi connectivity index (χ0v) is 11.0. The maximum atomic E-state index is 12.7. The smallest absolute Gasteiger partial charge is 0.416 e. The van der Waals surface area contributed by atoms with Gasteiger partial charge in [0.15, 0.2) is 0 Å². The Kier molecular flexibility index (Phi) is 4.04. The van der Waals surface area contributed by atoms with Gasteiger partial charge in [-0.15, -0.1) is 0 Å². The number of aromatic nitrogens is 1. The molecule has 0 aliphatic heterocycles. The largest absolute Gasteiger partial charge is 0.478 e. The fraction of sp³-hybridized carbons (Fsp3) is 0.0769. The first-order valence-corrected chi connectivity index (χ1v) is 5.98. The molecule has 21 heavy (non-hydrogen) atoms. The monoisotopic (exact) mass is 316 g/mol. The molecule has 0 aliphatic rings. The molecule has 0 fully saturated rings. The molecule has 0 amide bonds. The molecule has 2 aromatic rings. The van der Waals surface area contributed by atoms with Gasteiger partial charge in [-0.25, -0.2) is 4.79 Å². The summed E-state index contributed by atoms with van der Waals surface area (Å²) in [7, 11) is 0. The van der Waals surface area contributed by atoms with Crippen molar-refractivity contribution in [1.82, 2.24) is 4.98 Å². The van der Waals surface area contributed by atoms with Gasteiger partial charge in [-0.2, -0.15) is 13.2 Å². The minimum Gasteiger partial charge on any atom is -0.478 e. The molecule has 2 N–H and O–H groups in total. The summed E-state index contributed by atoms with van der Waals surface area (Å²) in [5.41, 5.74) is -1.01. The Morgan fingerprint density at radius 1 is 1.24 bits per heavy atom. The molecule has 1 heterocycles. The molecule has 0 bridgehead atoms. The van der Waals surface area contributed by atoms with Crippen LogP contribution in [0.5, 0.6) is 0 Å². The fourth-order valence-corrected chi connectivity index (χ4v) is 1.78. The average molecular weight is 317 g/mol. The molecule has 0 atom stereocenters. The average Bonchev–Trinajstić information content (AvgIpc) is 2.40. The van der Waals surface area contributed by atoms with Gasteiger partial charge in [0.2, 0.25) is 0 Å². The predicted octanol–water partition coefficient (Wildman–Crippen LogP) is 4.20. The summed E-state index contributed by atoms with van der Waals surface area (Å²) in [5, 5.41) is 11.6. The molecule has 0 saturated carbocycles. The van der Waals surface area contributed by atoms with Gasteiger partial charge < -0.3 is 10.4 Å². The fourth-order valence-electron chi connectivity index (χ4n) is 1.62. The van der Waals surface area contributed by atoms with Gasteiger partial charge >= 0.3 is 12.1 Å². The van der Waals surface area contributed by atoms with Crippen LogP contribution in [0.3, 0.4) is 0 Å². The number of carboxylic acid groups (broad SMARTS) is 1. The van der Waals surface area contributed by atoms with Crippen molar-refractivity contribution in [3.05, 3.63) is 52.8 Å². The predicted molar refractivity (Wildman–Crippen MR) is 70.9 cm³/mol. The highest BCUT2D eigenvalue weighted by molar-refractivity contribution is 6.33. The van der Waals surface area contributed by atoms with E-state index < -0.39 is 17.7 Å². The number of anilines is 2. The van der Waals surface area contributed by atoms with Crippen LogP contribution in [0.1, 0.15) is 15.9 Å². The number of nitrogens with zero attached hydrogens (tertiary/aromatic N) is 1. The third kappa shape index (κ3) is 3.43. The molecule has 0 radical (unpaired) electrons. The molecule has 0 aliphatic carbocycles. The van der Waals surface area contributed by atoms with Crippen LogP contribution in [-0.2, 0) is 6.18 Å². The lowest BCUT2D eigenvalue weighted by molar-refractivity contribution is -0.137. The highest BCUT2D eigenvalue weighted by atomic mass is 35.5. The number of hydrogen-bond acceptors (Lipinski definition) is 3. The molecule has 4 nitrogen and oxygen atoms in total. The number of benzene rings is 1. The first-order valence-electron chi connectivity index (χ1n) is 5.60. The van der Waals surface area contributed by atoms with Crippen LogP contribution in [0.2, 0.25) is 5.02 Å². The van der Waals surface area contributed by atoms with Crippen molar-refractivity contribution in [2.24, 2.45) is 0 Å². The normalized spacial score (nSPS) is 11.2. The SMILES string of the molecule is O=C(O)c1cnccc1Nc1cc(C(F)(F)F)ccc1Cl. The van der Waals surface area contributed by atoms with Gasteiger partial charge in [0.1, 0.15) is 5.56 Å². The Morgan fingerprint density at radius 3 is 2.57 bits per heavy atom. The Labute approximate surface area is 122 Å². The molecule has 0 unspecified atom stereocenters. The summed E-state index contributed by atoms with van der Waals surface area (Å²) < 4.78 is 38.0. The maximum Gasteiger partial charge on any atom is 0.416 e. The van der Waals surface area contributed by atoms with E-state index in [9.17, 15) is 18.0 Å². The second-order valence-corrected chi connectivity index (χ2v) is 4.45. The first kappa shape index (κ1) is 15.1. The summed E-state index contributed by atoms with van der Waals surface area (Å²) in [6, 6.07) is 4.08. The van der Waals surface area contributed by atoms with Crippen molar-refractivity contribution >= 4 is 28.9 Å². The molecule has 8 heteroatoms. The van der Waals surface area contributed by atoms with Gasteiger partial charge in [-0.3, -0.25) is 4.98 Å². The molecule has 1 aromatic heterocycles. The zero-order chi connectivity index (χ0) is 15.6. The van der Waals surface area contributed by atoms with Crippen molar-refractivity contribution in [2.75, 3.05) is 5.32 Å². The number of aromatic carboxylic acids is 1. The maximum absolute atomic E-state index is 12.7.